The Morgan fingerprint density at radius 2 is 2.14 bits per heavy atom. The van der Waals surface area contributed by atoms with Crippen molar-refractivity contribution in [1.82, 2.24) is 15.0 Å². The topological polar surface area (TPSA) is 59.9 Å². The van der Waals surface area contributed by atoms with Gasteiger partial charge in [0.2, 0.25) is 0 Å². The molecule has 0 amide bonds. The summed E-state index contributed by atoms with van der Waals surface area (Å²) >= 11 is 5.63. The van der Waals surface area contributed by atoms with Gasteiger partial charge in [-0.15, -0.1) is 0 Å². The maximum absolute atomic E-state index is 5.23. The first-order chi connectivity index (χ1) is 10.2. The van der Waals surface area contributed by atoms with Crippen molar-refractivity contribution in [3.8, 4) is 11.5 Å². The summed E-state index contributed by atoms with van der Waals surface area (Å²) in [4.78, 5) is 13.5. The van der Waals surface area contributed by atoms with Crippen molar-refractivity contribution >= 4 is 44.3 Å². The molecule has 0 saturated carbocycles. The monoisotopic (exact) mass is 462 g/mol. The molecule has 2 aromatic heterocycles. The summed E-state index contributed by atoms with van der Waals surface area (Å²) in [6.45, 7) is 3.44. The third kappa shape index (κ3) is 4.33. The van der Waals surface area contributed by atoms with Crippen LogP contribution in [0.15, 0.2) is 22.8 Å². The molecule has 0 bridgehead atoms. The number of hydrogen-bond donors (Lipinski definition) is 1. The Morgan fingerprint density at radius 1 is 1.33 bits per heavy atom. The summed E-state index contributed by atoms with van der Waals surface area (Å²) in [5, 5.41) is 3.33. The van der Waals surface area contributed by atoms with Crippen LogP contribution in [0.3, 0.4) is 0 Å². The van der Waals surface area contributed by atoms with Crippen molar-refractivity contribution in [3.05, 3.63) is 32.1 Å². The van der Waals surface area contributed by atoms with E-state index in [9.17, 15) is 0 Å². The number of anilines is 1. The predicted octanol–water partition coefficient (Wildman–Crippen LogP) is 3.87. The third-order valence-electron chi connectivity index (χ3n) is 2.70. The molecule has 112 valence electrons. The Hall–Kier alpha value is -0.800. The summed E-state index contributed by atoms with van der Waals surface area (Å²) in [7, 11) is 1.66. The summed E-state index contributed by atoms with van der Waals surface area (Å²) in [6.07, 6.45) is 2.78. The van der Waals surface area contributed by atoms with Crippen LogP contribution in [-0.4, -0.2) is 28.6 Å². The molecule has 0 aromatic carbocycles. The minimum Gasteiger partial charge on any atom is -0.378 e. The summed E-state index contributed by atoms with van der Waals surface area (Å²) in [5.74, 6) is 1.44. The number of aromatic nitrogens is 3. The van der Waals surface area contributed by atoms with E-state index in [4.69, 9.17) is 4.74 Å². The second kappa shape index (κ2) is 8.00. The standard InChI is InChI=1S/C14H16BrIN4O/c1-3-6-17-14-12(16)11(8-21-2)19-13(20-14)10-5-4-9(15)7-18-10/h4-5,7H,3,6,8H2,1-2H3,(H,17,19,20). The maximum atomic E-state index is 5.23. The Balaban J connectivity index is 2.44. The number of rotatable bonds is 6. The van der Waals surface area contributed by atoms with Crippen molar-refractivity contribution in [3.63, 3.8) is 0 Å². The van der Waals surface area contributed by atoms with E-state index in [1.165, 1.54) is 0 Å². The Labute approximate surface area is 146 Å². The van der Waals surface area contributed by atoms with Gasteiger partial charge in [-0.3, -0.25) is 4.98 Å². The van der Waals surface area contributed by atoms with Gasteiger partial charge in [0.05, 0.1) is 15.9 Å². The van der Waals surface area contributed by atoms with E-state index in [2.05, 4.69) is 65.7 Å². The zero-order valence-corrected chi connectivity index (χ0v) is 15.6. The highest BCUT2D eigenvalue weighted by molar-refractivity contribution is 14.1. The van der Waals surface area contributed by atoms with Gasteiger partial charge in [0.25, 0.3) is 0 Å². The molecule has 1 N–H and O–H groups in total. The summed E-state index contributed by atoms with van der Waals surface area (Å²) in [6, 6.07) is 3.82. The lowest BCUT2D eigenvalue weighted by Crippen LogP contribution is -2.10. The van der Waals surface area contributed by atoms with Crippen molar-refractivity contribution in [1.29, 1.82) is 0 Å². The average Bonchev–Trinajstić information content (AvgIpc) is 2.49. The number of nitrogens with zero attached hydrogens (tertiary/aromatic N) is 3. The van der Waals surface area contributed by atoms with Crippen LogP contribution >= 0.6 is 38.5 Å². The smallest absolute Gasteiger partial charge is 0.180 e. The molecule has 2 rings (SSSR count). The number of halogens is 2. The molecule has 7 heteroatoms. The molecule has 5 nitrogen and oxygen atoms in total. The van der Waals surface area contributed by atoms with Gasteiger partial charge in [0.1, 0.15) is 11.5 Å². The molecule has 0 unspecified atom stereocenters. The van der Waals surface area contributed by atoms with Gasteiger partial charge in [-0.1, -0.05) is 6.92 Å². The minimum absolute atomic E-state index is 0.450. The first-order valence-electron chi connectivity index (χ1n) is 6.56. The van der Waals surface area contributed by atoms with Gasteiger partial charge in [-0.25, -0.2) is 9.97 Å². The van der Waals surface area contributed by atoms with Gasteiger partial charge >= 0.3 is 0 Å². The fraction of sp³-hybridized carbons (Fsp3) is 0.357. The largest absolute Gasteiger partial charge is 0.378 e. The second-order valence-electron chi connectivity index (χ2n) is 4.38. The molecule has 0 radical (unpaired) electrons. The summed E-state index contributed by atoms with van der Waals surface area (Å²) in [5.41, 5.74) is 1.61. The highest BCUT2D eigenvalue weighted by Gasteiger charge is 2.13. The molecular weight excluding hydrogens is 447 g/mol. The molecule has 0 spiro atoms. The highest BCUT2D eigenvalue weighted by Crippen LogP contribution is 2.24. The lowest BCUT2D eigenvalue weighted by Gasteiger charge is -2.12. The minimum atomic E-state index is 0.450. The van der Waals surface area contributed by atoms with Crippen LogP contribution in [-0.2, 0) is 11.3 Å². The molecule has 0 aliphatic carbocycles. The number of nitrogens with one attached hydrogen (secondary N) is 1. The van der Waals surface area contributed by atoms with E-state index < -0.39 is 0 Å². The number of ether oxygens (including phenoxy) is 1. The number of pyridine rings is 1. The fourth-order valence-corrected chi connectivity index (χ4v) is 2.53. The van der Waals surface area contributed by atoms with Crippen LogP contribution < -0.4 is 5.32 Å². The van der Waals surface area contributed by atoms with Crippen LogP contribution in [0, 0.1) is 3.57 Å². The number of methoxy groups -OCH3 is 1. The first-order valence-corrected chi connectivity index (χ1v) is 8.44. The van der Waals surface area contributed by atoms with Crippen LogP contribution in [0.4, 0.5) is 5.82 Å². The Kier molecular flexibility index (Phi) is 6.31. The summed E-state index contributed by atoms with van der Waals surface area (Å²) < 4.78 is 7.15. The van der Waals surface area contributed by atoms with Gasteiger partial charge < -0.3 is 10.1 Å². The highest BCUT2D eigenvalue weighted by atomic mass is 127. The molecule has 0 fully saturated rings. The van der Waals surface area contributed by atoms with Crippen LogP contribution in [0.5, 0.6) is 0 Å². The van der Waals surface area contributed by atoms with Crippen molar-refractivity contribution in [2.24, 2.45) is 0 Å². The lowest BCUT2D eigenvalue weighted by molar-refractivity contribution is 0.181. The van der Waals surface area contributed by atoms with E-state index in [-0.39, 0.29) is 0 Å². The van der Waals surface area contributed by atoms with E-state index in [0.29, 0.717) is 12.4 Å². The maximum Gasteiger partial charge on any atom is 0.180 e. The van der Waals surface area contributed by atoms with Crippen LogP contribution in [0.1, 0.15) is 19.0 Å². The zero-order chi connectivity index (χ0) is 15.2. The quantitative estimate of drug-likeness (QED) is 0.660. The van der Waals surface area contributed by atoms with Gasteiger partial charge in [-0.05, 0) is 57.1 Å². The molecule has 2 aromatic rings. The van der Waals surface area contributed by atoms with Crippen molar-refractivity contribution in [2.45, 2.75) is 20.0 Å². The Bertz CT molecular complexity index is 607. The van der Waals surface area contributed by atoms with Crippen LogP contribution in [0.25, 0.3) is 11.5 Å². The molecule has 0 aliphatic rings. The normalized spacial score (nSPS) is 10.7. The molecular formula is C14H16BrIN4O. The van der Waals surface area contributed by atoms with E-state index in [1.807, 2.05) is 12.1 Å². The van der Waals surface area contributed by atoms with Gasteiger partial charge in [-0.2, -0.15) is 0 Å². The average molecular weight is 463 g/mol. The van der Waals surface area contributed by atoms with Gasteiger partial charge in [0, 0.05) is 24.3 Å². The van der Waals surface area contributed by atoms with E-state index in [0.717, 1.165) is 38.2 Å². The Morgan fingerprint density at radius 3 is 2.76 bits per heavy atom. The molecule has 2 heterocycles. The SMILES string of the molecule is CCCNc1nc(-c2ccc(Br)cn2)nc(COC)c1I. The predicted molar refractivity (Wildman–Crippen MR) is 95.2 cm³/mol. The van der Waals surface area contributed by atoms with Crippen molar-refractivity contribution in [2.75, 3.05) is 19.0 Å². The third-order valence-corrected chi connectivity index (χ3v) is 4.30. The van der Waals surface area contributed by atoms with Gasteiger partial charge in [0.15, 0.2) is 5.82 Å². The number of hydrogen-bond acceptors (Lipinski definition) is 5. The van der Waals surface area contributed by atoms with E-state index >= 15 is 0 Å². The lowest BCUT2D eigenvalue weighted by atomic mass is 10.3. The molecule has 21 heavy (non-hydrogen) atoms. The molecule has 0 atom stereocenters. The zero-order valence-electron chi connectivity index (χ0n) is 11.9. The molecule has 0 aliphatic heterocycles. The molecule has 0 saturated heterocycles. The second-order valence-corrected chi connectivity index (χ2v) is 6.37. The first kappa shape index (κ1) is 16.6. The van der Waals surface area contributed by atoms with Crippen LogP contribution in [0.2, 0.25) is 0 Å². The fourth-order valence-electron chi connectivity index (χ4n) is 1.71. The van der Waals surface area contributed by atoms with E-state index in [1.54, 1.807) is 13.3 Å². The van der Waals surface area contributed by atoms with Crippen molar-refractivity contribution < 1.29 is 4.74 Å².